The smallest absolute Gasteiger partial charge is 0.0453 e. The molecular weight excluding hydrogens is 242 g/mol. The van der Waals surface area contributed by atoms with Gasteiger partial charge in [-0.05, 0) is 44.2 Å². The quantitative estimate of drug-likeness (QED) is 0.811. The zero-order valence-electron chi connectivity index (χ0n) is 11.5. The minimum absolute atomic E-state index is 0.329. The van der Waals surface area contributed by atoms with Gasteiger partial charge in [0, 0.05) is 17.1 Å². The minimum Gasteiger partial charge on any atom is -0.307 e. The summed E-state index contributed by atoms with van der Waals surface area (Å²) in [7, 11) is 0. The number of halogens is 1. The molecule has 0 bridgehead atoms. The van der Waals surface area contributed by atoms with Crippen LogP contribution >= 0.6 is 11.6 Å². The van der Waals surface area contributed by atoms with Crippen molar-refractivity contribution >= 4 is 11.6 Å². The maximum atomic E-state index is 6.25. The average Bonchev–Trinajstić information content (AvgIpc) is 2.40. The van der Waals surface area contributed by atoms with Gasteiger partial charge in [-0.1, -0.05) is 49.1 Å². The minimum atomic E-state index is 0.329. The van der Waals surface area contributed by atoms with E-state index in [0.717, 1.165) is 10.9 Å². The van der Waals surface area contributed by atoms with Crippen LogP contribution in [0.25, 0.3) is 0 Å². The molecule has 1 aromatic carbocycles. The van der Waals surface area contributed by atoms with Crippen LogP contribution in [0.1, 0.15) is 57.6 Å². The van der Waals surface area contributed by atoms with Crippen LogP contribution < -0.4 is 5.32 Å². The number of benzene rings is 1. The first-order chi connectivity index (χ1) is 8.68. The molecule has 0 amide bonds. The van der Waals surface area contributed by atoms with Gasteiger partial charge in [0.1, 0.15) is 0 Å². The normalized spacial score (nSPS) is 20.6. The van der Waals surface area contributed by atoms with Gasteiger partial charge in [-0.15, -0.1) is 0 Å². The van der Waals surface area contributed by atoms with Crippen molar-refractivity contribution in [2.24, 2.45) is 5.92 Å². The van der Waals surface area contributed by atoms with Crippen molar-refractivity contribution in [3.05, 3.63) is 34.9 Å². The Labute approximate surface area is 116 Å². The van der Waals surface area contributed by atoms with E-state index >= 15 is 0 Å². The lowest BCUT2D eigenvalue weighted by Crippen LogP contribution is -2.36. The van der Waals surface area contributed by atoms with Crippen LogP contribution in [-0.4, -0.2) is 6.04 Å². The van der Waals surface area contributed by atoms with Crippen molar-refractivity contribution in [2.45, 2.75) is 58.0 Å². The van der Waals surface area contributed by atoms with Crippen LogP contribution in [0, 0.1) is 5.92 Å². The van der Waals surface area contributed by atoms with Gasteiger partial charge in [-0.2, -0.15) is 0 Å². The predicted octanol–water partition coefficient (Wildman–Crippen LogP) is 4.96. The van der Waals surface area contributed by atoms with E-state index < -0.39 is 0 Å². The Morgan fingerprint density at radius 3 is 2.44 bits per heavy atom. The average molecular weight is 266 g/mol. The van der Waals surface area contributed by atoms with Crippen molar-refractivity contribution in [2.75, 3.05) is 0 Å². The predicted molar refractivity (Wildman–Crippen MR) is 79.0 cm³/mol. The van der Waals surface area contributed by atoms with Gasteiger partial charge in [0.15, 0.2) is 0 Å². The first kappa shape index (κ1) is 13.9. The first-order valence-electron chi connectivity index (χ1n) is 7.19. The largest absolute Gasteiger partial charge is 0.307 e. The molecule has 2 atom stereocenters. The fourth-order valence-corrected chi connectivity index (χ4v) is 3.38. The van der Waals surface area contributed by atoms with Crippen LogP contribution in [0.2, 0.25) is 5.02 Å². The third kappa shape index (κ3) is 3.49. The fraction of sp³-hybridized carbons (Fsp3) is 0.625. The third-order valence-electron chi connectivity index (χ3n) is 4.24. The molecule has 1 aliphatic rings. The molecule has 2 heteroatoms. The highest BCUT2D eigenvalue weighted by molar-refractivity contribution is 6.31. The van der Waals surface area contributed by atoms with Crippen molar-refractivity contribution in [1.29, 1.82) is 0 Å². The lowest BCUT2D eigenvalue weighted by Gasteiger charge is -2.31. The number of rotatable bonds is 4. The van der Waals surface area contributed by atoms with Gasteiger partial charge < -0.3 is 5.32 Å². The molecule has 1 N–H and O–H groups in total. The van der Waals surface area contributed by atoms with E-state index in [1.165, 1.54) is 37.7 Å². The van der Waals surface area contributed by atoms with Crippen molar-refractivity contribution in [3.8, 4) is 0 Å². The summed E-state index contributed by atoms with van der Waals surface area (Å²) in [4.78, 5) is 0. The molecule has 0 spiro atoms. The molecule has 2 rings (SSSR count). The van der Waals surface area contributed by atoms with Gasteiger partial charge in [0.2, 0.25) is 0 Å². The Kier molecular flexibility index (Phi) is 5.08. The van der Waals surface area contributed by atoms with E-state index in [1.54, 1.807) is 0 Å². The SMILES string of the molecule is CC(N[C@H](C)c1ccccc1Cl)C1CCCCC1. The monoisotopic (exact) mass is 265 g/mol. The maximum Gasteiger partial charge on any atom is 0.0453 e. The van der Waals surface area contributed by atoms with Gasteiger partial charge in [-0.3, -0.25) is 0 Å². The van der Waals surface area contributed by atoms with Crippen molar-refractivity contribution in [1.82, 2.24) is 5.32 Å². The molecule has 100 valence electrons. The van der Waals surface area contributed by atoms with E-state index in [-0.39, 0.29) is 0 Å². The summed E-state index contributed by atoms with van der Waals surface area (Å²) in [6.45, 7) is 4.53. The molecule has 1 saturated carbocycles. The summed E-state index contributed by atoms with van der Waals surface area (Å²) in [6, 6.07) is 9.05. The molecule has 0 saturated heterocycles. The molecule has 0 aliphatic heterocycles. The number of nitrogens with one attached hydrogen (secondary N) is 1. The molecule has 1 unspecified atom stereocenters. The van der Waals surface area contributed by atoms with E-state index in [2.05, 4.69) is 31.3 Å². The Balaban J connectivity index is 1.94. The number of hydrogen-bond acceptors (Lipinski definition) is 1. The van der Waals surface area contributed by atoms with Gasteiger partial charge in [0.25, 0.3) is 0 Å². The summed E-state index contributed by atoms with van der Waals surface area (Å²) in [5.74, 6) is 0.837. The van der Waals surface area contributed by atoms with E-state index in [9.17, 15) is 0 Å². The first-order valence-corrected chi connectivity index (χ1v) is 7.56. The van der Waals surface area contributed by atoms with Crippen LogP contribution in [0.15, 0.2) is 24.3 Å². The molecule has 0 radical (unpaired) electrons. The topological polar surface area (TPSA) is 12.0 Å². The second kappa shape index (κ2) is 6.58. The summed E-state index contributed by atoms with van der Waals surface area (Å²) in [6.07, 6.45) is 6.98. The second-order valence-corrected chi connectivity index (χ2v) is 6.00. The molecule has 1 nitrogen and oxygen atoms in total. The Morgan fingerprint density at radius 2 is 1.78 bits per heavy atom. The summed E-state index contributed by atoms with van der Waals surface area (Å²) < 4.78 is 0. The van der Waals surface area contributed by atoms with Gasteiger partial charge in [-0.25, -0.2) is 0 Å². The third-order valence-corrected chi connectivity index (χ3v) is 4.59. The van der Waals surface area contributed by atoms with Crippen LogP contribution in [-0.2, 0) is 0 Å². The number of hydrogen-bond donors (Lipinski definition) is 1. The molecule has 1 aromatic rings. The second-order valence-electron chi connectivity index (χ2n) is 5.60. The summed E-state index contributed by atoms with van der Waals surface area (Å²) in [5.41, 5.74) is 1.21. The molecule has 1 aliphatic carbocycles. The lowest BCUT2D eigenvalue weighted by atomic mass is 9.84. The highest BCUT2D eigenvalue weighted by Crippen LogP contribution is 2.29. The molecular formula is C16H24ClN. The zero-order valence-corrected chi connectivity index (χ0v) is 12.2. The van der Waals surface area contributed by atoms with Gasteiger partial charge in [0.05, 0.1) is 0 Å². The maximum absolute atomic E-state index is 6.25. The highest BCUT2D eigenvalue weighted by Gasteiger charge is 2.21. The Hall–Kier alpha value is -0.530. The molecule has 0 heterocycles. The summed E-state index contributed by atoms with van der Waals surface area (Å²) >= 11 is 6.25. The summed E-state index contributed by atoms with van der Waals surface area (Å²) in [5, 5.41) is 4.59. The molecule has 18 heavy (non-hydrogen) atoms. The van der Waals surface area contributed by atoms with Crippen LogP contribution in [0.3, 0.4) is 0 Å². The van der Waals surface area contributed by atoms with Gasteiger partial charge >= 0.3 is 0 Å². The van der Waals surface area contributed by atoms with E-state index in [0.29, 0.717) is 12.1 Å². The molecule has 0 aromatic heterocycles. The van der Waals surface area contributed by atoms with Crippen molar-refractivity contribution < 1.29 is 0 Å². The highest BCUT2D eigenvalue weighted by atomic mass is 35.5. The zero-order chi connectivity index (χ0) is 13.0. The standard InChI is InChI=1S/C16H24ClN/c1-12(14-8-4-3-5-9-14)18-13(2)15-10-6-7-11-16(15)17/h6-7,10-14,18H,3-5,8-9H2,1-2H3/t12?,13-/m1/s1. The van der Waals surface area contributed by atoms with E-state index in [4.69, 9.17) is 11.6 Å². The van der Waals surface area contributed by atoms with Crippen molar-refractivity contribution in [3.63, 3.8) is 0 Å². The van der Waals surface area contributed by atoms with Crippen LogP contribution in [0.5, 0.6) is 0 Å². The fourth-order valence-electron chi connectivity index (χ4n) is 3.08. The molecule has 1 fully saturated rings. The Morgan fingerprint density at radius 1 is 1.11 bits per heavy atom. The lowest BCUT2D eigenvalue weighted by molar-refractivity contribution is 0.268. The van der Waals surface area contributed by atoms with E-state index in [1.807, 2.05) is 12.1 Å². The van der Waals surface area contributed by atoms with Crippen LogP contribution in [0.4, 0.5) is 0 Å². The Bertz CT molecular complexity index is 371.